The van der Waals surface area contributed by atoms with E-state index in [9.17, 15) is 30.8 Å². The van der Waals surface area contributed by atoms with Crippen molar-refractivity contribution in [1.29, 1.82) is 0 Å². The maximum atomic E-state index is 13.5. The Bertz CT molecular complexity index is 2090. The highest BCUT2D eigenvalue weighted by molar-refractivity contribution is 7.90. The largest absolute Gasteiger partial charge is 0.433 e. The third kappa shape index (κ3) is 7.09. The van der Waals surface area contributed by atoms with Crippen molar-refractivity contribution in [2.24, 2.45) is 11.7 Å². The van der Waals surface area contributed by atoms with Gasteiger partial charge in [0.15, 0.2) is 0 Å². The van der Waals surface area contributed by atoms with E-state index in [-0.39, 0.29) is 29.8 Å². The number of halogens is 4. The molecular weight excluding hydrogens is 614 g/mol. The second-order valence-corrected chi connectivity index (χ2v) is 12.9. The molecule has 236 valence electrons. The summed E-state index contributed by atoms with van der Waals surface area (Å²) in [7, 11) is -3.40. The van der Waals surface area contributed by atoms with Gasteiger partial charge < -0.3 is 15.7 Å². The fraction of sp³-hybridized carbons (Fsp3) is 0.233. The topological polar surface area (TPSA) is 144 Å². The number of nitrogens with one attached hydrogen (secondary N) is 2. The first-order chi connectivity index (χ1) is 21.2. The van der Waals surface area contributed by atoms with E-state index >= 15 is 0 Å². The zero-order valence-electron chi connectivity index (χ0n) is 24.1. The van der Waals surface area contributed by atoms with Gasteiger partial charge in [-0.25, -0.2) is 12.8 Å². The number of amides is 1. The number of nitrogens with two attached hydrogens (primary N) is 1. The quantitative estimate of drug-likeness (QED) is 0.191. The summed E-state index contributed by atoms with van der Waals surface area (Å²) >= 11 is 0. The van der Waals surface area contributed by atoms with Gasteiger partial charge in [0.25, 0.3) is 0 Å². The standard InChI is InChI=1S/C15H14F3N3O2S.C15H15FN4O/c1-24(22,23)7-6-21-14(15(16,17)18)12(9-20-21)11-8-19-13-5-3-2-4-10(11)13;1-9(15(17)21)7-20-8-10(5-19-20)13-6-18-14-4-11(16)2-3-12(13)14/h2-5,8-9,19H,6-7H2,1H3;2-6,8-9,18H,7H2,1H3,(H2,17,21). The molecule has 6 rings (SSSR count). The average Bonchev–Trinajstić information content (AvgIpc) is 3.76. The first kappa shape index (κ1) is 31.5. The lowest BCUT2D eigenvalue weighted by Gasteiger charge is -2.12. The molecule has 4 N–H and O–H groups in total. The summed E-state index contributed by atoms with van der Waals surface area (Å²) in [6, 6.07) is 11.6. The summed E-state index contributed by atoms with van der Waals surface area (Å²) in [5.41, 5.74) is 7.91. The number of aryl methyl sites for hydroxylation is 1. The van der Waals surface area contributed by atoms with E-state index in [1.165, 1.54) is 18.3 Å². The summed E-state index contributed by atoms with van der Waals surface area (Å²) in [4.78, 5) is 17.1. The van der Waals surface area contributed by atoms with Gasteiger partial charge in [0, 0.05) is 68.9 Å². The summed E-state index contributed by atoms with van der Waals surface area (Å²) in [5, 5.41) is 9.58. The number of H-pyrrole nitrogens is 2. The van der Waals surface area contributed by atoms with Gasteiger partial charge in [-0.05, 0) is 24.3 Å². The molecule has 0 saturated heterocycles. The summed E-state index contributed by atoms with van der Waals surface area (Å²) in [6.45, 7) is 1.85. The Hall–Kier alpha value is -4.92. The molecule has 4 aromatic heterocycles. The molecule has 0 bridgehead atoms. The molecule has 0 saturated carbocycles. The molecule has 0 fully saturated rings. The van der Waals surface area contributed by atoms with Crippen LogP contribution in [0.1, 0.15) is 12.6 Å². The maximum absolute atomic E-state index is 13.5. The predicted molar refractivity (Wildman–Crippen MR) is 162 cm³/mol. The van der Waals surface area contributed by atoms with Crippen LogP contribution in [0.4, 0.5) is 17.6 Å². The third-order valence-electron chi connectivity index (χ3n) is 7.20. The Morgan fingerprint density at radius 2 is 1.67 bits per heavy atom. The molecule has 6 aromatic rings. The van der Waals surface area contributed by atoms with Crippen molar-refractivity contribution in [2.75, 3.05) is 12.0 Å². The summed E-state index contributed by atoms with van der Waals surface area (Å²) in [6.07, 6.45) is 4.35. The molecule has 1 atom stereocenters. The van der Waals surface area contributed by atoms with Crippen LogP contribution < -0.4 is 5.73 Å². The van der Waals surface area contributed by atoms with Gasteiger partial charge in [-0.2, -0.15) is 23.4 Å². The molecule has 15 heteroatoms. The minimum Gasteiger partial charge on any atom is -0.369 e. The first-order valence-electron chi connectivity index (χ1n) is 13.7. The van der Waals surface area contributed by atoms with E-state index < -0.39 is 27.5 Å². The van der Waals surface area contributed by atoms with Crippen LogP contribution in [0.25, 0.3) is 44.1 Å². The van der Waals surface area contributed by atoms with Gasteiger partial charge >= 0.3 is 6.18 Å². The van der Waals surface area contributed by atoms with Crippen LogP contribution in [0.3, 0.4) is 0 Å². The van der Waals surface area contributed by atoms with Crippen LogP contribution in [0.15, 0.2) is 73.4 Å². The van der Waals surface area contributed by atoms with Crippen LogP contribution >= 0.6 is 0 Å². The zero-order chi connectivity index (χ0) is 32.5. The number of primary amides is 1. The van der Waals surface area contributed by atoms with E-state index in [1.807, 2.05) is 12.4 Å². The van der Waals surface area contributed by atoms with Gasteiger partial charge in [-0.15, -0.1) is 0 Å². The van der Waals surface area contributed by atoms with Gasteiger partial charge in [0.2, 0.25) is 5.91 Å². The molecule has 0 spiro atoms. The zero-order valence-corrected chi connectivity index (χ0v) is 25.0. The Labute approximate surface area is 254 Å². The number of carbonyl (C=O) groups is 1. The number of hydrogen-bond donors (Lipinski definition) is 3. The number of sulfone groups is 1. The molecule has 0 aliphatic carbocycles. The number of para-hydroxylation sites is 1. The maximum Gasteiger partial charge on any atom is 0.433 e. The molecule has 45 heavy (non-hydrogen) atoms. The molecule has 1 amide bonds. The lowest BCUT2D eigenvalue weighted by molar-refractivity contribution is -0.143. The van der Waals surface area contributed by atoms with Crippen LogP contribution in [0.5, 0.6) is 0 Å². The minimum absolute atomic E-state index is 0.0755. The second kappa shape index (κ2) is 12.2. The number of fused-ring (bicyclic) bond motifs is 2. The van der Waals surface area contributed by atoms with Gasteiger partial charge in [0.1, 0.15) is 21.3 Å². The molecule has 0 aliphatic heterocycles. The van der Waals surface area contributed by atoms with Crippen LogP contribution in [0.2, 0.25) is 0 Å². The Balaban J connectivity index is 0.000000179. The average molecular weight is 644 g/mol. The SMILES string of the molecule is CC(Cn1cc(-c2c[nH]c3cc(F)ccc23)cn1)C(N)=O.CS(=O)(=O)CCn1ncc(-c2c[nH]c3ccccc23)c1C(F)(F)F. The van der Waals surface area contributed by atoms with Crippen molar-refractivity contribution in [2.45, 2.75) is 26.2 Å². The molecule has 10 nitrogen and oxygen atoms in total. The number of aromatic amines is 2. The Morgan fingerprint density at radius 1 is 0.978 bits per heavy atom. The summed E-state index contributed by atoms with van der Waals surface area (Å²) < 4.78 is 78.7. The number of alkyl halides is 3. The van der Waals surface area contributed by atoms with Crippen LogP contribution in [-0.2, 0) is 33.9 Å². The Kier molecular flexibility index (Phi) is 8.56. The van der Waals surface area contributed by atoms with E-state index in [1.54, 1.807) is 48.1 Å². The number of aromatic nitrogens is 6. The molecule has 0 radical (unpaired) electrons. The van der Waals surface area contributed by atoms with Gasteiger partial charge in [-0.3, -0.25) is 14.2 Å². The highest BCUT2D eigenvalue weighted by Gasteiger charge is 2.39. The molecule has 4 heterocycles. The number of nitrogens with zero attached hydrogens (tertiary/aromatic N) is 4. The molecular formula is C30H29F4N7O3S. The molecule has 0 aliphatic rings. The van der Waals surface area contributed by atoms with Crippen molar-refractivity contribution >= 4 is 37.6 Å². The van der Waals surface area contributed by atoms with E-state index in [0.29, 0.717) is 27.7 Å². The predicted octanol–water partition coefficient (Wildman–Crippen LogP) is 5.39. The normalized spacial score (nSPS) is 12.8. The second-order valence-electron chi connectivity index (χ2n) is 10.7. The van der Waals surface area contributed by atoms with Gasteiger partial charge in [-0.1, -0.05) is 25.1 Å². The number of hydrogen-bond acceptors (Lipinski definition) is 5. The first-order valence-corrected chi connectivity index (χ1v) is 15.7. The van der Waals surface area contributed by atoms with Crippen molar-refractivity contribution in [3.8, 4) is 22.3 Å². The van der Waals surface area contributed by atoms with E-state index in [0.717, 1.165) is 34.5 Å². The van der Waals surface area contributed by atoms with Gasteiger partial charge in [0.05, 0.1) is 37.2 Å². The molecule has 1 unspecified atom stereocenters. The van der Waals surface area contributed by atoms with Crippen molar-refractivity contribution in [3.05, 3.63) is 85.0 Å². The highest BCUT2D eigenvalue weighted by atomic mass is 32.2. The fourth-order valence-corrected chi connectivity index (χ4v) is 5.41. The lowest BCUT2D eigenvalue weighted by atomic mass is 10.1. The number of rotatable bonds is 8. The fourth-order valence-electron chi connectivity index (χ4n) is 4.91. The monoisotopic (exact) mass is 643 g/mol. The molecule has 2 aromatic carbocycles. The Morgan fingerprint density at radius 3 is 2.38 bits per heavy atom. The number of carbonyl (C=O) groups excluding carboxylic acids is 1. The minimum atomic E-state index is -4.65. The highest BCUT2D eigenvalue weighted by Crippen LogP contribution is 2.39. The van der Waals surface area contributed by atoms with Crippen LogP contribution in [-0.4, -0.2) is 55.9 Å². The van der Waals surface area contributed by atoms with Crippen LogP contribution in [0, 0.1) is 11.7 Å². The van der Waals surface area contributed by atoms with E-state index in [4.69, 9.17) is 5.73 Å². The smallest absolute Gasteiger partial charge is 0.369 e. The summed E-state index contributed by atoms with van der Waals surface area (Å²) in [5.74, 6) is -1.32. The number of benzene rings is 2. The third-order valence-corrected chi connectivity index (χ3v) is 8.12. The lowest BCUT2D eigenvalue weighted by Crippen LogP contribution is -2.24. The van der Waals surface area contributed by atoms with Crippen molar-refractivity contribution in [3.63, 3.8) is 0 Å². The van der Waals surface area contributed by atoms with E-state index in [2.05, 4.69) is 20.2 Å². The van der Waals surface area contributed by atoms with Crippen molar-refractivity contribution in [1.82, 2.24) is 29.5 Å². The van der Waals surface area contributed by atoms with Crippen molar-refractivity contribution < 1.29 is 30.8 Å².